The van der Waals surface area contributed by atoms with E-state index in [0.717, 1.165) is 12.8 Å². The Bertz CT molecular complexity index is 173. The molecule has 1 saturated heterocycles. The molecule has 0 spiro atoms. The first-order valence-corrected chi connectivity index (χ1v) is 4.50. The van der Waals surface area contributed by atoms with Crippen molar-refractivity contribution in [3.05, 3.63) is 0 Å². The van der Waals surface area contributed by atoms with Crippen LogP contribution < -0.4 is 0 Å². The average molecular weight is 172 g/mol. The number of aliphatic hydroxyl groups excluding tert-OH is 1. The highest BCUT2D eigenvalue weighted by Gasteiger charge is 2.42. The van der Waals surface area contributed by atoms with Gasteiger partial charge in [-0.1, -0.05) is 13.8 Å². The summed E-state index contributed by atoms with van der Waals surface area (Å²) in [6.45, 7) is 4.09. The third-order valence-corrected chi connectivity index (χ3v) is 2.82. The number of hydrogen-bond donors (Lipinski definition) is 1. The first-order valence-electron chi connectivity index (χ1n) is 4.50. The van der Waals surface area contributed by atoms with Crippen molar-refractivity contribution in [2.45, 2.75) is 39.2 Å². The van der Waals surface area contributed by atoms with E-state index in [-0.39, 0.29) is 12.6 Å². The van der Waals surface area contributed by atoms with Crippen molar-refractivity contribution >= 4 is 5.97 Å². The van der Waals surface area contributed by atoms with E-state index in [2.05, 4.69) is 0 Å². The minimum Gasteiger partial charge on any atom is -0.463 e. The van der Waals surface area contributed by atoms with Gasteiger partial charge in [-0.3, -0.25) is 4.79 Å². The highest BCUT2D eigenvalue weighted by atomic mass is 16.5. The van der Waals surface area contributed by atoms with Gasteiger partial charge in [-0.05, 0) is 19.3 Å². The Balaban J connectivity index is 2.75. The molecule has 1 aliphatic heterocycles. The van der Waals surface area contributed by atoms with Crippen molar-refractivity contribution in [2.75, 3.05) is 6.61 Å². The normalized spacial score (nSPS) is 28.2. The van der Waals surface area contributed by atoms with Crippen molar-refractivity contribution in [3.8, 4) is 0 Å². The summed E-state index contributed by atoms with van der Waals surface area (Å²) in [6, 6.07) is 0. The summed E-state index contributed by atoms with van der Waals surface area (Å²) >= 11 is 0. The molecule has 0 radical (unpaired) electrons. The molecule has 0 amide bonds. The van der Waals surface area contributed by atoms with Gasteiger partial charge >= 0.3 is 5.97 Å². The zero-order chi connectivity index (χ0) is 9.19. The fourth-order valence-electron chi connectivity index (χ4n) is 1.75. The van der Waals surface area contributed by atoms with Gasteiger partial charge < -0.3 is 9.84 Å². The number of ether oxygens (including phenoxy) is 1. The number of hydrogen-bond acceptors (Lipinski definition) is 3. The van der Waals surface area contributed by atoms with E-state index >= 15 is 0 Å². The lowest BCUT2D eigenvalue weighted by atomic mass is 9.76. The van der Waals surface area contributed by atoms with Crippen LogP contribution in [-0.2, 0) is 9.53 Å². The molecule has 0 bridgehead atoms. The molecule has 1 unspecified atom stereocenters. The summed E-state index contributed by atoms with van der Waals surface area (Å²) in [4.78, 5) is 11.4. The van der Waals surface area contributed by atoms with Gasteiger partial charge in [0, 0.05) is 0 Å². The third kappa shape index (κ3) is 1.46. The van der Waals surface area contributed by atoms with Crippen LogP contribution in [0.15, 0.2) is 0 Å². The quantitative estimate of drug-likeness (QED) is 0.634. The topological polar surface area (TPSA) is 46.5 Å². The number of cyclic esters (lactones) is 1. The SMILES string of the molecule is CCC1(CC)CC(O)COC1=O. The van der Waals surface area contributed by atoms with E-state index in [4.69, 9.17) is 4.74 Å². The molecule has 1 heterocycles. The highest BCUT2D eigenvalue weighted by Crippen LogP contribution is 2.36. The Morgan fingerprint density at radius 3 is 2.58 bits per heavy atom. The van der Waals surface area contributed by atoms with Crippen molar-refractivity contribution in [1.29, 1.82) is 0 Å². The molecule has 1 fully saturated rings. The number of aliphatic hydroxyl groups is 1. The second-order valence-corrected chi connectivity index (χ2v) is 3.44. The lowest BCUT2D eigenvalue weighted by Gasteiger charge is -2.35. The molecule has 3 heteroatoms. The molecule has 0 aromatic heterocycles. The average Bonchev–Trinajstić information content (AvgIpc) is 2.09. The van der Waals surface area contributed by atoms with Crippen LogP contribution >= 0.6 is 0 Å². The van der Waals surface area contributed by atoms with Gasteiger partial charge in [0.15, 0.2) is 0 Å². The fraction of sp³-hybridized carbons (Fsp3) is 0.889. The van der Waals surface area contributed by atoms with Crippen LogP contribution in [-0.4, -0.2) is 23.8 Å². The van der Waals surface area contributed by atoms with Gasteiger partial charge in [-0.25, -0.2) is 0 Å². The Kier molecular flexibility index (Phi) is 2.73. The largest absolute Gasteiger partial charge is 0.463 e. The Hall–Kier alpha value is -0.570. The van der Waals surface area contributed by atoms with E-state index in [1.807, 2.05) is 13.8 Å². The van der Waals surface area contributed by atoms with Gasteiger partial charge in [0.2, 0.25) is 0 Å². The number of carbonyl (C=O) groups is 1. The van der Waals surface area contributed by atoms with E-state index in [0.29, 0.717) is 6.42 Å². The molecule has 1 atom stereocenters. The van der Waals surface area contributed by atoms with E-state index < -0.39 is 11.5 Å². The maximum absolute atomic E-state index is 11.4. The summed E-state index contributed by atoms with van der Waals surface area (Å²) < 4.78 is 4.90. The fourth-order valence-corrected chi connectivity index (χ4v) is 1.75. The minimum absolute atomic E-state index is 0.141. The molecule has 1 rings (SSSR count). The molecule has 0 aliphatic carbocycles. The maximum Gasteiger partial charge on any atom is 0.312 e. The monoisotopic (exact) mass is 172 g/mol. The van der Waals surface area contributed by atoms with Gasteiger partial charge in [-0.15, -0.1) is 0 Å². The summed E-state index contributed by atoms with van der Waals surface area (Å²) in [5, 5.41) is 9.35. The molecule has 0 aromatic rings. The van der Waals surface area contributed by atoms with Crippen LogP contribution in [0.25, 0.3) is 0 Å². The van der Waals surface area contributed by atoms with Gasteiger partial charge in [0.05, 0.1) is 11.5 Å². The van der Waals surface area contributed by atoms with Crippen LogP contribution in [0.4, 0.5) is 0 Å². The second kappa shape index (κ2) is 3.44. The van der Waals surface area contributed by atoms with E-state index in [1.54, 1.807) is 0 Å². The summed E-state index contributed by atoms with van der Waals surface area (Å²) in [5.41, 5.74) is -0.419. The van der Waals surface area contributed by atoms with Gasteiger partial charge in [0.1, 0.15) is 6.61 Å². The van der Waals surface area contributed by atoms with Crippen molar-refractivity contribution in [2.24, 2.45) is 5.41 Å². The first-order chi connectivity index (χ1) is 5.64. The predicted octanol–water partition coefficient (Wildman–Crippen LogP) is 1.10. The molecule has 70 valence electrons. The first kappa shape index (κ1) is 9.52. The molecular formula is C9H16O3. The minimum atomic E-state index is -0.470. The van der Waals surface area contributed by atoms with Crippen LogP contribution in [0.1, 0.15) is 33.1 Å². The molecular weight excluding hydrogens is 156 g/mol. The van der Waals surface area contributed by atoms with E-state index in [1.165, 1.54) is 0 Å². The van der Waals surface area contributed by atoms with Crippen LogP contribution in [0.3, 0.4) is 0 Å². The lowest BCUT2D eigenvalue weighted by Crippen LogP contribution is -2.42. The zero-order valence-electron chi connectivity index (χ0n) is 7.67. The standard InChI is InChI=1S/C9H16O3/c1-3-9(4-2)5-7(10)6-12-8(9)11/h7,10H,3-6H2,1-2H3. The summed E-state index contributed by atoms with van der Waals surface area (Å²) in [7, 11) is 0. The predicted molar refractivity (Wildman–Crippen MR) is 44.6 cm³/mol. The number of esters is 1. The molecule has 1 N–H and O–H groups in total. The molecule has 0 saturated carbocycles. The second-order valence-electron chi connectivity index (χ2n) is 3.44. The van der Waals surface area contributed by atoms with Crippen molar-refractivity contribution in [3.63, 3.8) is 0 Å². The lowest BCUT2D eigenvalue weighted by molar-refractivity contribution is -0.171. The number of carbonyl (C=O) groups excluding carboxylic acids is 1. The van der Waals surface area contributed by atoms with Crippen LogP contribution in [0, 0.1) is 5.41 Å². The van der Waals surface area contributed by atoms with Gasteiger partial charge in [0.25, 0.3) is 0 Å². The van der Waals surface area contributed by atoms with Crippen molar-refractivity contribution in [1.82, 2.24) is 0 Å². The Morgan fingerprint density at radius 2 is 2.17 bits per heavy atom. The highest BCUT2D eigenvalue weighted by molar-refractivity contribution is 5.77. The Labute approximate surface area is 72.7 Å². The summed E-state index contributed by atoms with van der Waals surface area (Å²) in [6.07, 6.45) is 1.58. The third-order valence-electron chi connectivity index (χ3n) is 2.82. The molecule has 12 heavy (non-hydrogen) atoms. The zero-order valence-corrected chi connectivity index (χ0v) is 7.67. The smallest absolute Gasteiger partial charge is 0.312 e. The number of rotatable bonds is 2. The van der Waals surface area contributed by atoms with Gasteiger partial charge in [-0.2, -0.15) is 0 Å². The molecule has 0 aromatic carbocycles. The molecule has 1 aliphatic rings. The van der Waals surface area contributed by atoms with E-state index in [9.17, 15) is 9.90 Å². The van der Waals surface area contributed by atoms with Crippen LogP contribution in [0.5, 0.6) is 0 Å². The maximum atomic E-state index is 11.4. The molecule has 3 nitrogen and oxygen atoms in total. The Morgan fingerprint density at radius 1 is 1.58 bits per heavy atom. The summed E-state index contributed by atoms with van der Waals surface area (Å²) in [5.74, 6) is -0.141. The van der Waals surface area contributed by atoms with Crippen molar-refractivity contribution < 1.29 is 14.6 Å². The van der Waals surface area contributed by atoms with Crippen LogP contribution in [0.2, 0.25) is 0 Å².